The molecule has 5 heteroatoms. The van der Waals surface area contributed by atoms with Crippen LogP contribution >= 0.6 is 0 Å². The molecular weight excluding hydrogens is 392 g/mol. The minimum atomic E-state index is -4.39. The third-order valence-corrected chi connectivity index (χ3v) is 6.96. The summed E-state index contributed by atoms with van der Waals surface area (Å²) < 4.78 is 59.0. The molecule has 0 heterocycles. The Morgan fingerprint density at radius 1 is 0.900 bits per heavy atom. The Labute approximate surface area is 175 Å². The molecule has 2 aliphatic rings. The van der Waals surface area contributed by atoms with Crippen molar-refractivity contribution in [3.8, 4) is 11.1 Å². The lowest BCUT2D eigenvalue weighted by molar-refractivity contribution is -0.137. The van der Waals surface area contributed by atoms with Crippen LogP contribution in [0.25, 0.3) is 11.1 Å². The number of ether oxygens (including phenoxy) is 1. The van der Waals surface area contributed by atoms with Crippen LogP contribution in [0.4, 0.5) is 17.6 Å². The first-order chi connectivity index (χ1) is 14.3. The van der Waals surface area contributed by atoms with Crippen LogP contribution in [0.1, 0.15) is 62.5 Å². The zero-order valence-corrected chi connectivity index (χ0v) is 17.2. The number of rotatable bonds is 4. The molecule has 0 N–H and O–H groups in total. The average Bonchev–Trinajstić information content (AvgIpc) is 2.73. The molecule has 162 valence electrons. The van der Waals surface area contributed by atoms with E-state index in [2.05, 4.69) is 0 Å². The van der Waals surface area contributed by atoms with E-state index in [-0.39, 0.29) is 5.82 Å². The molecule has 0 aromatic heterocycles. The van der Waals surface area contributed by atoms with Crippen molar-refractivity contribution in [1.29, 1.82) is 0 Å². The van der Waals surface area contributed by atoms with E-state index >= 15 is 0 Å². The summed E-state index contributed by atoms with van der Waals surface area (Å²) in [5.74, 6) is 1.38. The van der Waals surface area contributed by atoms with E-state index in [4.69, 9.17) is 4.74 Å². The molecule has 0 spiro atoms. The van der Waals surface area contributed by atoms with E-state index in [1.807, 2.05) is 13.0 Å². The normalized spacial score (nSPS) is 27.0. The van der Waals surface area contributed by atoms with Gasteiger partial charge in [0.1, 0.15) is 5.82 Å². The molecular formula is C25H28F4O. The van der Waals surface area contributed by atoms with Gasteiger partial charge in [0, 0.05) is 12.2 Å². The van der Waals surface area contributed by atoms with Crippen molar-refractivity contribution in [2.45, 2.75) is 63.6 Å². The summed E-state index contributed by atoms with van der Waals surface area (Å²) in [5.41, 5.74) is 1.09. The van der Waals surface area contributed by atoms with Crippen molar-refractivity contribution in [2.24, 2.45) is 11.8 Å². The van der Waals surface area contributed by atoms with Gasteiger partial charge in [-0.05, 0) is 92.5 Å². The number of fused-ring (bicyclic) bond motifs is 1. The maximum absolute atomic E-state index is 14.9. The molecule has 0 amide bonds. The van der Waals surface area contributed by atoms with Gasteiger partial charge in [-0.25, -0.2) is 4.39 Å². The van der Waals surface area contributed by atoms with Crippen LogP contribution in [0.2, 0.25) is 0 Å². The first-order valence-corrected chi connectivity index (χ1v) is 10.9. The summed E-state index contributed by atoms with van der Waals surface area (Å²) in [4.78, 5) is 0. The lowest BCUT2D eigenvalue weighted by atomic mass is 9.65. The fourth-order valence-electron chi connectivity index (χ4n) is 5.39. The lowest BCUT2D eigenvalue weighted by Gasteiger charge is -2.42. The lowest BCUT2D eigenvalue weighted by Crippen LogP contribution is -2.33. The van der Waals surface area contributed by atoms with Crippen molar-refractivity contribution < 1.29 is 22.3 Å². The van der Waals surface area contributed by atoms with Crippen LogP contribution in [-0.4, -0.2) is 12.7 Å². The first-order valence-electron chi connectivity index (χ1n) is 10.9. The summed E-state index contributed by atoms with van der Waals surface area (Å²) in [7, 11) is 0. The van der Waals surface area contributed by atoms with Crippen LogP contribution in [0.15, 0.2) is 42.5 Å². The van der Waals surface area contributed by atoms with E-state index in [9.17, 15) is 17.6 Å². The molecule has 0 bridgehead atoms. The SMILES string of the molecule is CCOC1CCC2CC(c3ccc(-c4ccc(C(F)(F)F)cc4)c(F)c3)CCC2C1. The van der Waals surface area contributed by atoms with Crippen LogP contribution in [0.5, 0.6) is 0 Å². The highest BCUT2D eigenvalue weighted by molar-refractivity contribution is 5.65. The quantitative estimate of drug-likeness (QED) is 0.463. The van der Waals surface area contributed by atoms with Gasteiger partial charge in [-0.2, -0.15) is 13.2 Å². The van der Waals surface area contributed by atoms with Gasteiger partial charge in [0.25, 0.3) is 0 Å². The molecule has 2 aromatic carbocycles. The second-order valence-corrected chi connectivity index (χ2v) is 8.73. The Morgan fingerprint density at radius 2 is 1.60 bits per heavy atom. The van der Waals surface area contributed by atoms with Gasteiger partial charge in [0.15, 0.2) is 0 Å². The van der Waals surface area contributed by atoms with Crippen molar-refractivity contribution in [1.82, 2.24) is 0 Å². The molecule has 4 rings (SSSR count). The smallest absolute Gasteiger partial charge is 0.378 e. The van der Waals surface area contributed by atoms with Crippen LogP contribution < -0.4 is 0 Å². The number of benzene rings is 2. The number of hydrogen-bond donors (Lipinski definition) is 0. The average molecular weight is 420 g/mol. The van der Waals surface area contributed by atoms with Crippen molar-refractivity contribution in [3.05, 3.63) is 59.4 Å². The van der Waals surface area contributed by atoms with Gasteiger partial charge >= 0.3 is 6.18 Å². The molecule has 1 nitrogen and oxygen atoms in total. The van der Waals surface area contributed by atoms with E-state index in [1.54, 1.807) is 12.1 Å². The summed E-state index contributed by atoms with van der Waals surface area (Å²) in [5, 5.41) is 0. The third-order valence-electron chi connectivity index (χ3n) is 6.96. The largest absolute Gasteiger partial charge is 0.416 e. The topological polar surface area (TPSA) is 9.23 Å². The monoisotopic (exact) mass is 420 g/mol. The minimum absolute atomic E-state index is 0.346. The molecule has 2 aliphatic carbocycles. The van der Waals surface area contributed by atoms with E-state index in [0.717, 1.165) is 56.4 Å². The Kier molecular flexibility index (Phi) is 6.19. The molecule has 4 unspecified atom stereocenters. The maximum Gasteiger partial charge on any atom is 0.416 e. The molecule has 4 atom stereocenters. The van der Waals surface area contributed by atoms with Crippen molar-refractivity contribution in [3.63, 3.8) is 0 Å². The first kappa shape index (κ1) is 21.4. The van der Waals surface area contributed by atoms with Gasteiger partial charge in [0.2, 0.25) is 0 Å². The molecule has 2 aromatic rings. The summed E-state index contributed by atoms with van der Waals surface area (Å²) >= 11 is 0. The second-order valence-electron chi connectivity index (χ2n) is 8.73. The second kappa shape index (κ2) is 8.70. The van der Waals surface area contributed by atoms with Gasteiger partial charge in [-0.3, -0.25) is 0 Å². The summed E-state index contributed by atoms with van der Waals surface area (Å²) in [6, 6.07) is 9.93. The zero-order chi connectivity index (χ0) is 21.3. The zero-order valence-electron chi connectivity index (χ0n) is 17.2. The molecule has 2 fully saturated rings. The summed E-state index contributed by atoms with van der Waals surface area (Å²) in [6.45, 7) is 2.82. The van der Waals surface area contributed by atoms with Crippen molar-refractivity contribution in [2.75, 3.05) is 6.61 Å². The Balaban J connectivity index is 1.45. The third kappa shape index (κ3) is 4.56. The molecule has 0 saturated heterocycles. The standard InChI is InChI=1S/C25H28F4O/c1-2-30-22-11-7-18-13-17(3-4-19(18)14-22)20-8-12-23(24(26)15-20)16-5-9-21(10-6-16)25(27,28)29/h5-6,8-10,12,15,17-19,22H,2-4,7,11,13-14H2,1H3. The Hall–Kier alpha value is -1.88. The maximum atomic E-state index is 14.9. The fourth-order valence-corrected chi connectivity index (χ4v) is 5.39. The van der Waals surface area contributed by atoms with Gasteiger partial charge in [0.05, 0.1) is 11.7 Å². The number of halogens is 4. The van der Waals surface area contributed by atoms with E-state index < -0.39 is 11.7 Å². The fraction of sp³-hybridized carbons (Fsp3) is 0.520. The Bertz CT molecular complexity index is 858. The van der Waals surface area contributed by atoms with Gasteiger partial charge in [-0.1, -0.05) is 24.3 Å². The number of alkyl halides is 3. The van der Waals surface area contributed by atoms with E-state index in [1.165, 1.54) is 18.6 Å². The predicted octanol–water partition coefficient (Wildman–Crippen LogP) is 7.60. The molecule has 0 radical (unpaired) electrons. The van der Waals surface area contributed by atoms with Crippen LogP contribution in [0.3, 0.4) is 0 Å². The molecule has 0 aliphatic heterocycles. The van der Waals surface area contributed by atoms with Gasteiger partial charge in [-0.15, -0.1) is 0 Å². The highest BCUT2D eigenvalue weighted by Crippen LogP contribution is 2.47. The number of hydrogen-bond acceptors (Lipinski definition) is 1. The van der Waals surface area contributed by atoms with Crippen molar-refractivity contribution >= 4 is 0 Å². The van der Waals surface area contributed by atoms with E-state index in [0.29, 0.717) is 35.0 Å². The van der Waals surface area contributed by atoms with Gasteiger partial charge < -0.3 is 4.74 Å². The Morgan fingerprint density at radius 3 is 2.27 bits per heavy atom. The highest BCUT2D eigenvalue weighted by Gasteiger charge is 2.36. The van der Waals surface area contributed by atoms with Crippen LogP contribution in [-0.2, 0) is 10.9 Å². The summed E-state index contributed by atoms with van der Waals surface area (Å²) in [6.07, 6.45) is 2.74. The molecule has 2 saturated carbocycles. The van der Waals surface area contributed by atoms with Crippen LogP contribution in [0, 0.1) is 17.7 Å². The minimum Gasteiger partial charge on any atom is -0.378 e. The predicted molar refractivity (Wildman–Crippen MR) is 110 cm³/mol. The molecule has 30 heavy (non-hydrogen) atoms. The highest BCUT2D eigenvalue weighted by atomic mass is 19.4.